The molecule has 0 bridgehead atoms. The Bertz CT molecular complexity index is 778. The van der Waals surface area contributed by atoms with Gasteiger partial charge in [-0.05, 0) is 31.2 Å². The van der Waals surface area contributed by atoms with Crippen LogP contribution in [-0.2, 0) is 4.79 Å². The highest BCUT2D eigenvalue weighted by molar-refractivity contribution is 7.07. The summed E-state index contributed by atoms with van der Waals surface area (Å²) in [6, 6.07) is 10.1. The van der Waals surface area contributed by atoms with Crippen molar-refractivity contribution in [2.45, 2.75) is 31.7 Å². The summed E-state index contributed by atoms with van der Waals surface area (Å²) < 4.78 is 0. The molecule has 3 heterocycles. The summed E-state index contributed by atoms with van der Waals surface area (Å²) in [6.07, 6.45) is 2.09. The first kappa shape index (κ1) is 17.2. The molecule has 2 saturated heterocycles. The van der Waals surface area contributed by atoms with Gasteiger partial charge >= 0.3 is 0 Å². The van der Waals surface area contributed by atoms with Gasteiger partial charge < -0.3 is 9.80 Å². The third-order valence-electron chi connectivity index (χ3n) is 5.67. The molecule has 0 radical (unpaired) electrons. The maximum absolute atomic E-state index is 13.2. The first-order chi connectivity index (χ1) is 12.6. The summed E-state index contributed by atoms with van der Waals surface area (Å²) >= 11 is 1.44. The number of likely N-dealkylation sites (tertiary alicyclic amines) is 2. The lowest BCUT2D eigenvalue weighted by Crippen LogP contribution is -2.49. The summed E-state index contributed by atoms with van der Waals surface area (Å²) in [7, 11) is 0. The van der Waals surface area contributed by atoms with E-state index >= 15 is 0 Å². The van der Waals surface area contributed by atoms with Crippen LogP contribution in [0.2, 0.25) is 0 Å². The van der Waals surface area contributed by atoms with Crippen molar-refractivity contribution in [3.63, 3.8) is 0 Å². The Hall–Kier alpha value is -2.21. The minimum absolute atomic E-state index is 0.0100. The molecule has 136 valence electrons. The fraction of sp³-hybridized carbons (Fsp3) is 0.450. The van der Waals surface area contributed by atoms with Crippen molar-refractivity contribution in [1.82, 2.24) is 14.8 Å². The lowest BCUT2D eigenvalue weighted by Gasteiger charge is -2.38. The summed E-state index contributed by atoms with van der Waals surface area (Å²) in [5.74, 6) is 0.384. The van der Waals surface area contributed by atoms with E-state index in [4.69, 9.17) is 0 Å². The fourth-order valence-electron chi connectivity index (χ4n) is 4.23. The number of hydrogen-bond acceptors (Lipinski definition) is 4. The van der Waals surface area contributed by atoms with Crippen molar-refractivity contribution in [2.24, 2.45) is 5.92 Å². The van der Waals surface area contributed by atoms with Gasteiger partial charge in [-0.1, -0.05) is 30.3 Å². The van der Waals surface area contributed by atoms with Gasteiger partial charge in [-0.3, -0.25) is 9.59 Å². The highest BCUT2D eigenvalue weighted by Gasteiger charge is 2.43. The van der Waals surface area contributed by atoms with Crippen LogP contribution < -0.4 is 0 Å². The number of piperidine rings is 1. The van der Waals surface area contributed by atoms with E-state index in [0.717, 1.165) is 31.5 Å². The number of benzene rings is 1. The second-order valence-corrected chi connectivity index (χ2v) is 7.94. The Morgan fingerprint density at radius 1 is 1.23 bits per heavy atom. The van der Waals surface area contributed by atoms with E-state index in [2.05, 4.69) is 4.98 Å². The zero-order valence-corrected chi connectivity index (χ0v) is 15.7. The maximum Gasteiger partial charge on any atom is 0.273 e. The van der Waals surface area contributed by atoms with Crippen LogP contribution in [0.5, 0.6) is 0 Å². The van der Waals surface area contributed by atoms with Gasteiger partial charge in [-0.25, -0.2) is 4.98 Å². The van der Waals surface area contributed by atoms with E-state index in [0.29, 0.717) is 18.2 Å². The molecule has 1 aromatic heterocycles. The highest BCUT2D eigenvalue weighted by atomic mass is 32.1. The van der Waals surface area contributed by atoms with Crippen molar-refractivity contribution < 1.29 is 9.59 Å². The molecule has 0 unspecified atom stereocenters. The van der Waals surface area contributed by atoms with E-state index in [1.807, 2.05) is 47.1 Å². The third-order valence-corrected chi connectivity index (χ3v) is 6.26. The van der Waals surface area contributed by atoms with Gasteiger partial charge in [-0.2, -0.15) is 0 Å². The molecule has 0 spiro atoms. The molecule has 2 aliphatic heterocycles. The molecule has 2 fully saturated rings. The third kappa shape index (κ3) is 3.14. The number of rotatable bonds is 3. The van der Waals surface area contributed by atoms with Gasteiger partial charge in [0.1, 0.15) is 5.69 Å². The minimum atomic E-state index is -0.154. The van der Waals surface area contributed by atoms with Crippen LogP contribution in [0.3, 0.4) is 0 Å². The Morgan fingerprint density at radius 2 is 2.04 bits per heavy atom. The van der Waals surface area contributed by atoms with Gasteiger partial charge in [0, 0.05) is 25.0 Å². The van der Waals surface area contributed by atoms with E-state index in [-0.39, 0.29) is 23.8 Å². The molecule has 1 aromatic carbocycles. The molecule has 2 amide bonds. The van der Waals surface area contributed by atoms with Crippen LogP contribution >= 0.6 is 11.3 Å². The first-order valence-electron chi connectivity index (χ1n) is 9.18. The predicted molar refractivity (Wildman–Crippen MR) is 101 cm³/mol. The van der Waals surface area contributed by atoms with Gasteiger partial charge in [0.2, 0.25) is 5.91 Å². The van der Waals surface area contributed by atoms with Crippen LogP contribution in [0.4, 0.5) is 0 Å². The number of carbonyl (C=O) groups is 2. The molecule has 5 nitrogen and oxygen atoms in total. The maximum atomic E-state index is 13.2. The summed E-state index contributed by atoms with van der Waals surface area (Å²) in [6.45, 7) is 4.11. The molecule has 2 aliphatic rings. The molecular weight excluding hydrogens is 346 g/mol. The molecule has 3 atom stereocenters. The number of fused-ring (bicyclic) bond motifs is 1. The van der Waals surface area contributed by atoms with Crippen molar-refractivity contribution in [3.8, 4) is 0 Å². The lowest BCUT2D eigenvalue weighted by atomic mass is 9.90. The fourth-order valence-corrected chi connectivity index (χ4v) is 4.76. The van der Waals surface area contributed by atoms with Crippen molar-refractivity contribution in [3.05, 3.63) is 52.5 Å². The van der Waals surface area contributed by atoms with Crippen LogP contribution in [0, 0.1) is 5.92 Å². The largest absolute Gasteiger partial charge is 0.337 e. The van der Waals surface area contributed by atoms with Crippen molar-refractivity contribution in [1.29, 1.82) is 0 Å². The SMILES string of the molecule is C[C@H](C(=O)N1CCC[C@H]2CN(C(=O)c3cscn3)C[C@H]21)c1ccccc1. The number of aromatic nitrogens is 1. The highest BCUT2D eigenvalue weighted by Crippen LogP contribution is 2.33. The summed E-state index contributed by atoms with van der Waals surface area (Å²) in [5.41, 5.74) is 3.26. The predicted octanol–water partition coefficient (Wildman–Crippen LogP) is 3.01. The number of nitrogens with zero attached hydrogens (tertiary/aromatic N) is 3. The topological polar surface area (TPSA) is 53.5 Å². The van der Waals surface area contributed by atoms with Gasteiger partial charge in [-0.15, -0.1) is 11.3 Å². The molecule has 0 N–H and O–H groups in total. The monoisotopic (exact) mass is 369 g/mol. The lowest BCUT2D eigenvalue weighted by molar-refractivity contribution is -0.136. The molecule has 2 aromatic rings. The summed E-state index contributed by atoms with van der Waals surface area (Å²) in [5, 5.41) is 1.80. The molecule has 4 rings (SSSR count). The van der Waals surface area contributed by atoms with Crippen LogP contribution in [0.1, 0.15) is 41.7 Å². The van der Waals surface area contributed by atoms with Crippen molar-refractivity contribution >= 4 is 23.2 Å². The quantitative estimate of drug-likeness (QED) is 0.836. The van der Waals surface area contributed by atoms with Crippen LogP contribution in [0.15, 0.2) is 41.2 Å². The van der Waals surface area contributed by atoms with E-state index < -0.39 is 0 Å². The second kappa shape index (κ2) is 7.19. The smallest absolute Gasteiger partial charge is 0.273 e. The van der Waals surface area contributed by atoms with Gasteiger partial charge in [0.15, 0.2) is 0 Å². The van der Waals surface area contributed by atoms with E-state index in [1.165, 1.54) is 11.3 Å². The molecule has 0 aliphatic carbocycles. The van der Waals surface area contributed by atoms with E-state index in [1.54, 1.807) is 10.9 Å². The van der Waals surface area contributed by atoms with Gasteiger partial charge in [0.05, 0.1) is 17.5 Å². The average molecular weight is 369 g/mol. The Kier molecular flexibility index (Phi) is 4.76. The molecular formula is C20H23N3O2S. The average Bonchev–Trinajstić information content (AvgIpc) is 3.36. The first-order valence-corrected chi connectivity index (χ1v) is 10.1. The Morgan fingerprint density at radius 3 is 2.77 bits per heavy atom. The normalized spacial score (nSPS) is 23.6. The molecule has 0 saturated carbocycles. The number of thiazole rings is 1. The zero-order chi connectivity index (χ0) is 18.1. The number of amides is 2. The number of hydrogen-bond donors (Lipinski definition) is 0. The van der Waals surface area contributed by atoms with Crippen LogP contribution in [0.25, 0.3) is 0 Å². The summed E-state index contributed by atoms with van der Waals surface area (Å²) in [4.78, 5) is 33.9. The van der Waals surface area contributed by atoms with Gasteiger partial charge in [0.25, 0.3) is 5.91 Å². The molecule has 26 heavy (non-hydrogen) atoms. The molecule has 6 heteroatoms. The Balaban J connectivity index is 1.50. The van der Waals surface area contributed by atoms with Crippen molar-refractivity contribution in [2.75, 3.05) is 19.6 Å². The minimum Gasteiger partial charge on any atom is -0.337 e. The second-order valence-electron chi connectivity index (χ2n) is 7.22. The van der Waals surface area contributed by atoms with Crippen LogP contribution in [-0.4, -0.2) is 52.3 Å². The zero-order valence-electron chi connectivity index (χ0n) is 14.9. The standard InChI is InChI=1S/C20H23N3O2S/c1-14(15-6-3-2-4-7-15)19(24)23-9-5-8-16-10-22(11-18(16)23)20(25)17-12-26-13-21-17/h2-4,6-7,12-14,16,18H,5,8-11H2,1H3/t14-,16-,18+/m0/s1. The number of carbonyl (C=O) groups excluding carboxylic acids is 2. The Labute approximate surface area is 157 Å². The van der Waals surface area contributed by atoms with E-state index in [9.17, 15) is 9.59 Å².